The van der Waals surface area contributed by atoms with Gasteiger partial charge in [-0.15, -0.1) is 5.10 Å². The summed E-state index contributed by atoms with van der Waals surface area (Å²) in [7, 11) is 0. The minimum atomic E-state index is 0.354. The molecular weight excluding hydrogens is 428 g/mol. The van der Waals surface area contributed by atoms with Gasteiger partial charge in [0.1, 0.15) is 17.9 Å². The van der Waals surface area contributed by atoms with E-state index < -0.39 is 0 Å². The van der Waals surface area contributed by atoms with Crippen LogP contribution in [0.2, 0.25) is 0 Å². The van der Waals surface area contributed by atoms with Crippen molar-refractivity contribution in [3.8, 4) is 17.5 Å². The lowest BCUT2D eigenvalue weighted by Gasteiger charge is -2.07. The van der Waals surface area contributed by atoms with Crippen LogP contribution in [0.3, 0.4) is 0 Å². The lowest BCUT2D eigenvalue weighted by atomic mass is 10.1. The summed E-state index contributed by atoms with van der Waals surface area (Å²) in [5.41, 5.74) is 5.26. The first-order valence-electron chi connectivity index (χ1n) is 10.7. The van der Waals surface area contributed by atoms with E-state index in [1.54, 1.807) is 0 Å². The maximum atomic E-state index is 5.99. The summed E-state index contributed by atoms with van der Waals surface area (Å²) in [6.07, 6.45) is 4.04. The van der Waals surface area contributed by atoms with E-state index in [4.69, 9.17) is 9.15 Å². The first-order valence-corrected chi connectivity index (χ1v) is 10.7. The lowest BCUT2D eigenvalue weighted by Crippen LogP contribution is -1.98. The zero-order valence-corrected chi connectivity index (χ0v) is 17.9. The van der Waals surface area contributed by atoms with Crippen molar-refractivity contribution in [1.29, 1.82) is 0 Å². The molecule has 0 amide bonds. The van der Waals surface area contributed by atoms with E-state index in [1.165, 1.54) is 0 Å². The number of rotatable bonds is 6. The van der Waals surface area contributed by atoms with Gasteiger partial charge in [0.25, 0.3) is 5.89 Å². The van der Waals surface area contributed by atoms with Crippen LogP contribution in [-0.4, -0.2) is 30.6 Å². The summed E-state index contributed by atoms with van der Waals surface area (Å²) in [6, 6.07) is 25.9. The predicted octanol–water partition coefficient (Wildman–Crippen LogP) is 5.31. The van der Waals surface area contributed by atoms with Gasteiger partial charge in [0.15, 0.2) is 5.58 Å². The second-order valence-corrected chi connectivity index (χ2v) is 7.69. The quantitative estimate of drug-likeness (QED) is 0.346. The van der Waals surface area contributed by atoms with Gasteiger partial charge in [-0.3, -0.25) is 0 Å². The number of aromatic amines is 1. The minimum Gasteiger partial charge on any atom is -0.487 e. The smallest absolute Gasteiger partial charge is 0.267 e. The third-order valence-electron chi connectivity index (χ3n) is 5.33. The highest BCUT2D eigenvalue weighted by molar-refractivity contribution is 5.81. The zero-order valence-electron chi connectivity index (χ0n) is 17.9. The number of oxazole rings is 1. The van der Waals surface area contributed by atoms with E-state index in [0.717, 1.165) is 39.0 Å². The third-order valence-corrected chi connectivity index (χ3v) is 5.33. The first-order chi connectivity index (χ1) is 16.8. The molecule has 1 N–H and O–H groups in total. The average molecular weight is 446 g/mol. The van der Waals surface area contributed by atoms with Gasteiger partial charge in [-0.05, 0) is 58.0 Å². The van der Waals surface area contributed by atoms with Crippen LogP contribution in [0.5, 0.6) is 5.75 Å². The van der Waals surface area contributed by atoms with Gasteiger partial charge in [-0.1, -0.05) is 54.6 Å². The van der Waals surface area contributed by atoms with Crippen molar-refractivity contribution >= 4 is 34.2 Å². The molecule has 0 aliphatic heterocycles. The van der Waals surface area contributed by atoms with Crippen LogP contribution in [0, 0.1) is 0 Å². The van der Waals surface area contributed by atoms with Crippen molar-refractivity contribution < 1.29 is 9.15 Å². The largest absolute Gasteiger partial charge is 0.487 e. The van der Waals surface area contributed by atoms with Crippen molar-refractivity contribution in [2.24, 2.45) is 0 Å². The van der Waals surface area contributed by atoms with Gasteiger partial charge in [0, 0.05) is 5.39 Å². The number of para-hydroxylation sites is 1. The van der Waals surface area contributed by atoms with E-state index in [-0.39, 0.29) is 0 Å². The highest BCUT2D eigenvalue weighted by Gasteiger charge is 2.11. The van der Waals surface area contributed by atoms with E-state index in [9.17, 15) is 0 Å². The molecule has 0 saturated heterocycles. The molecule has 3 aromatic carbocycles. The van der Waals surface area contributed by atoms with Gasteiger partial charge in [-0.2, -0.15) is 0 Å². The monoisotopic (exact) mass is 446 g/mol. The summed E-state index contributed by atoms with van der Waals surface area (Å²) in [5.74, 6) is 1.53. The van der Waals surface area contributed by atoms with Crippen molar-refractivity contribution in [1.82, 2.24) is 30.6 Å². The molecule has 6 aromatic rings. The van der Waals surface area contributed by atoms with Crippen LogP contribution in [0.4, 0.5) is 0 Å². The maximum Gasteiger partial charge on any atom is 0.267 e. The number of hydrogen-bond acceptors (Lipinski definition) is 7. The number of hydrogen-bond donors (Lipinski definition) is 1. The summed E-state index contributed by atoms with van der Waals surface area (Å²) in [6.45, 7) is 0.406. The van der Waals surface area contributed by atoms with Crippen molar-refractivity contribution in [2.45, 2.75) is 6.61 Å². The zero-order chi connectivity index (χ0) is 22.7. The fraction of sp³-hybridized carbons (Fsp3) is 0.0385. The van der Waals surface area contributed by atoms with Crippen LogP contribution in [-0.2, 0) is 6.61 Å². The summed E-state index contributed by atoms with van der Waals surface area (Å²) in [4.78, 5) is 9.07. The van der Waals surface area contributed by atoms with Gasteiger partial charge < -0.3 is 9.15 Å². The highest BCUT2D eigenvalue weighted by atomic mass is 16.5. The van der Waals surface area contributed by atoms with E-state index in [2.05, 4.69) is 42.7 Å². The number of ether oxygens (including phenoxy) is 1. The number of nitrogens with one attached hydrogen (secondary N) is 1. The number of fused-ring (bicyclic) bond motifs is 2. The molecular formula is C26H18N6O2. The predicted molar refractivity (Wildman–Crippen MR) is 129 cm³/mol. The third kappa shape index (κ3) is 4.12. The Morgan fingerprint density at radius 3 is 2.65 bits per heavy atom. The number of pyridine rings is 1. The summed E-state index contributed by atoms with van der Waals surface area (Å²) in [5, 5.41) is 14.7. The second-order valence-electron chi connectivity index (χ2n) is 7.69. The molecule has 0 aliphatic carbocycles. The Morgan fingerprint density at radius 2 is 1.74 bits per heavy atom. The average Bonchev–Trinajstić information content (AvgIpc) is 3.56. The normalized spacial score (nSPS) is 11.5. The van der Waals surface area contributed by atoms with Gasteiger partial charge >= 0.3 is 0 Å². The van der Waals surface area contributed by atoms with Crippen molar-refractivity contribution in [2.75, 3.05) is 0 Å². The van der Waals surface area contributed by atoms with Gasteiger partial charge in [0.05, 0.1) is 11.2 Å². The molecule has 3 aromatic heterocycles. The number of nitrogens with zero attached hydrogens (tertiary/aromatic N) is 5. The fourth-order valence-corrected chi connectivity index (χ4v) is 3.64. The number of H-pyrrole nitrogens is 1. The Kier molecular flexibility index (Phi) is 5.00. The Balaban J connectivity index is 1.16. The van der Waals surface area contributed by atoms with Crippen LogP contribution in [0.25, 0.3) is 45.9 Å². The standard InChI is InChI=1S/C26H18N6O2/c1-2-7-22-19(5-1)11-12-20(27-22)16-33-21-6-3-4-17(14-21)8-9-18-10-13-23-24(15-18)34-26(28-23)25-29-31-32-30-25/h1-15H,16H2,(H,29,30,31,32). The van der Waals surface area contributed by atoms with E-state index in [1.807, 2.05) is 78.9 Å². The van der Waals surface area contributed by atoms with Crippen molar-refractivity contribution in [3.63, 3.8) is 0 Å². The Bertz CT molecular complexity index is 1620. The number of benzene rings is 3. The van der Waals surface area contributed by atoms with E-state index >= 15 is 0 Å². The molecule has 6 rings (SSSR count). The fourth-order valence-electron chi connectivity index (χ4n) is 3.64. The SMILES string of the molecule is C(=Cc1ccc2nc(-c3nnn[nH]3)oc2c1)c1cccc(OCc2ccc3ccccc3n2)c1. The maximum absolute atomic E-state index is 5.99. The first kappa shape index (κ1) is 19.8. The topological polar surface area (TPSA) is 103 Å². The molecule has 0 atom stereocenters. The summed E-state index contributed by atoms with van der Waals surface area (Å²) < 4.78 is 11.8. The lowest BCUT2D eigenvalue weighted by molar-refractivity contribution is 0.302. The highest BCUT2D eigenvalue weighted by Crippen LogP contribution is 2.23. The van der Waals surface area contributed by atoms with Crippen LogP contribution >= 0.6 is 0 Å². The minimum absolute atomic E-state index is 0.354. The van der Waals surface area contributed by atoms with Crippen LogP contribution < -0.4 is 4.74 Å². The Morgan fingerprint density at radius 1 is 0.824 bits per heavy atom. The van der Waals surface area contributed by atoms with E-state index in [0.29, 0.717) is 23.9 Å². The molecule has 34 heavy (non-hydrogen) atoms. The molecule has 0 fully saturated rings. The molecule has 8 nitrogen and oxygen atoms in total. The molecule has 164 valence electrons. The Labute approximate surface area is 193 Å². The molecule has 0 saturated carbocycles. The molecule has 0 radical (unpaired) electrons. The van der Waals surface area contributed by atoms with Gasteiger partial charge in [-0.25, -0.2) is 15.1 Å². The van der Waals surface area contributed by atoms with Crippen LogP contribution in [0.1, 0.15) is 16.8 Å². The van der Waals surface area contributed by atoms with Crippen molar-refractivity contribution in [3.05, 3.63) is 95.7 Å². The van der Waals surface area contributed by atoms with Crippen LogP contribution in [0.15, 0.2) is 83.3 Å². The number of aromatic nitrogens is 6. The molecule has 0 spiro atoms. The number of tetrazole rings is 1. The molecule has 3 heterocycles. The molecule has 0 aliphatic rings. The Hall–Kier alpha value is -4.85. The van der Waals surface area contributed by atoms with Gasteiger partial charge in [0.2, 0.25) is 5.82 Å². The molecule has 0 unspecified atom stereocenters. The molecule has 8 heteroatoms. The molecule has 0 bridgehead atoms. The summed E-state index contributed by atoms with van der Waals surface area (Å²) >= 11 is 0. The second kappa shape index (κ2) is 8.59.